The summed E-state index contributed by atoms with van der Waals surface area (Å²) in [4.78, 5) is 46.9. The molecule has 0 N–H and O–H groups in total. The Balaban J connectivity index is 1.46. The van der Waals surface area contributed by atoms with E-state index in [0.29, 0.717) is 28.4 Å². The molecule has 8 nitrogen and oxygen atoms in total. The Morgan fingerprint density at radius 2 is 1.88 bits per heavy atom. The normalized spacial score (nSPS) is 17.1. The molecule has 0 bridgehead atoms. The van der Waals surface area contributed by atoms with Gasteiger partial charge in [-0.2, -0.15) is 0 Å². The highest BCUT2D eigenvalue weighted by atomic mass is 32.1. The molecule has 3 heterocycles. The summed E-state index contributed by atoms with van der Waals surface area (Å²) in [5.41, 5.74) is 3.16. The number of aromatic nitrogens is 1. The van der Waals surface area contributed by atoms with Gasteiger partial charge in [-0.3, -0.25) is 19.3 Å². The predicted octanol–water partition coefficient (Wildman–Crippen LogP) is 3.78. The largest absolute Gasteiger partial charge is 0.482 e. The second-order valence-electron chi connectivity index (χ2n) is 8.35. The van der Waals surface area contributed by atoms with Crippen LogP contribution in [-0.4, -0.2) is 48.9 Å². The van der Waals surface area contributed by atoms with Crippen molar-refractivity contribution in [3.8, 4) is 22.8 Å². The molecule has 2 aromatic carbocycles. The standard InChI is InChI=1S/C25H23N3O5S/c1-13-25(31)27(4)18-9-16(5-8-22(18)33-13)20(29)11-28-19-10-17(24-14(2)34-15(3)26-24)6-7-21(19)32-12-23(28)30/h5-10,13H,11-12H2,1-4H3. The zero-order valence-electron chi connectivity index (χ0n) is 19.2. The molecule has 0 radical (unpaired) electrons. The Kier molecular flexibility index (Phi) is 5.36. The van der Waals surface area contributed by atoms with E-state index in [1.807, 2.05) is 26.0 Å². The number of rotatable bonds is 4. The van der Waals surface area contributed by atoms with Crippen LogP contribution in [0.4, 0.5) is 11.4 Å². The Morgan fingerprint density at radius 1 is 1.12 bits per heavy atom. The molecular weight excluding hydrogens is 454 g/mol. The Hall–Kier alpha value is -3.72. The third-order valence-corrected chi connectivity index (χ3v) is 6.89. The molecule has 9 heteroatoms. The van der Waals surface area contributed by atoms with E-state index in [0.717, 1.165) is 21.1 Å². The number of likely N-dealkylation sites (N-methyl/N-ethyl adjacent to an activating group) is 1. The van der Waals surface area contributed by atoms with Crippen molar-refractivity contribution in [1.82, 2.24) is 4.98 Å². The SMILES string of the molecule is Cc1nc(-c2ccc3c(c2)N(CC(=O)c2ccc4c(c2)N(C)C(=O)C(C)O4)C(=O)CO3)c(C)s1. The Bertz CT molecular complexity index is 1350. The van der Waals surface area contributed by atoms with Crippen LogP contribution in [0.1, 0.15) is 27.2 Å². The number of carbonyl (C=O) groups excluding carboxylic acids is 3. The number of benzene rings is 2. The van der Waals surface area contributed by atoms with Gasteiger partial charge in [-0.15, -0.1) is 11.3 Å². The molecule has 5 rings (SSSR count). The maximum absolute atomic E-state index is 13.2. The minimum Gasteiger partial charge on any atom is -0.482 e. The number of thiazole rings is 1. The van der Waals surface area contributed by atoms with Gasteiger partial charge < -0.3 is 14.4 Å². The van der Waals surface area contributed by atoms with Crippen LogP contribution in [0.5, 0.6) is 11.5 Å². The molecule has 2 aliphatic heterocycles. The number of aryl methyl sites for hydroxylation is 2. The third-order valence-electron chi connectivity index (χ3n) is 6.00. The molecule has 0 spiro atoms. The maximum atomic E-state index is 13.2. The highest BCUT2D eigenvalue weighted by Gasteiger charge is 2.31. The molecule has 0 aliphatic carbocycles. The molecule has 1 atom stereocenters. The van der Waals surface area contributed by atoms with Gasteiger partial charge in [0.1, 0.15) is 11.5 Å². The number of nitrogens with zero attached hydrogens (tertiary/aromatic N) is 3. The molecule has 3 aromatic rings. The van der Waals surface area contributed by atoms with E-state index in [9.17, 15) is 14.4 Å². The molecule has 1 unspecified atom stereocenters. The molecule has 34 heavy (non-hydrogen) atoms. The number of anilines is 2. The van der Waals surface area contributed by atoms with Crippen molar-refractivity contribution in [2.24, 2.45) is 0 Å². The number of hydrogen-bond donors (Lipinski definition) is 0. The molecule has 2 amide bonds. The van der Waals surface area contributed by atoms with E-state index < -0.39 is 6.10 Å². The molecule has 2 aliphatic rings. The number of ether oxygens (including phenoxy) is 2. The van der Waals surface area contributed by atoms with Crippen molar-refractivity contribution in [2.75, 3.05) is 30.0 Å². The smallest absolute Gasteiger partial charge is 0.267 e. The first-order valence-electron chi connectivity index (χ1n) is 10.9. The average Bonchev–Trinajstić information content (AvgIpc) is 3.16. The van der Waals surface area contributed by atoms with Crippen LogP contribution >= 0.6 is 11.3 Å². The lowest BCUT2D eigenvalue weighted by Gasteiger charge is -2.31. The van der Waals surface area contributed by atoms with Crippen LogP contribution in [0.3, 0.4) is 0 Å². The zero-order chi connectivity index (χ0) is 24.1. The minimum atomic E-state index is -0.583. The molecular formula is C25H23N3O5S. The van der Waals surface area contributed by atoms with Gasteiger partial charge >= 0.3 is 0 Å². The third kappa shape index (κ3) is 3.71. The van der Waals surface area contributed by atoms with Crippen molar-refractivity contribution in [1.29, 1.82) is 0 Å². The van der Waals surface area contributed by atoms with E-state index in [4.69, 9.17) is 9.47 Å². The first kappa shape index (κ1) is 22.1. The van der Waals surface area contributed by atoms with Gasteiger partial charge in [0.15, 0.2) is 18.5 Å². The molecule has 1 aromatic heterocycles. The molecule has 0 saturated carbocycles. The minimum absolute atomic E-state index is 0.137. The molecule has 0 saturated heterocycles. The number of carbonyl (C=O) groups is 3. The quantitative estimate of drug-likeness (QED) is 0.532. The summed E-state index contributed by atoms with van der Waals surface area (Å²) >= 11 is 1.61. The summed E-state index contributed by atoms with van der Waals surface area (Å²) in [5, 5.41) is 0.957. The van der Waals surface area contributed by atoms with Gasteiger partial charge in [0.2, 0.25) is 0 Å². The maximum Gasteiger partial charge on any atom is 0.267 e. The predicted molar refractivity (Wildman–Crippen MR) is 129 cm³/mol. The summed E-state index contributed by atoms with van der Waals surface area (Å²) in [7, 11) is 1.65. The van der Waals surface area contributed by atoms with Crippen molar-refractivity contribution >= 4 is 40.3 Å². The van der Waals surface area contributed by atoms with E-state index in [1.165, 1.54) is 9.80 Å². The van der Waals surface area contributed by atoms with Crippen LogP contribution in [0.2, 0.25) is 0 Å². The van der Waals surface area contributed by atoms with Crippen molar-refractivity contribution in [3.05, 3.63) is 51.8 Å². The van der Waals surface area contributed by atoms with Gasteiger partial charge in [-0.05, 0) is 57.2 Å². The van der Waals surface area contributed by atoms with Gasteiger partial charge in [0.05, 0.1) is 28.6 Å². The summed E-state index contributed by atoms with van der Waals surface area (Å²) in [5.74, 6) is 0.340. The second-order valence-corrected chi connectivity index (χ2v) is 9.76. The van der Waals surface area contributed by atoms with Gasteiger partial charge in [0.25, 0.3) is 11.8 Å². The summed E-state index contributed by atoms with van der Waals surface area (Å²) in [6, 6.07) is 10.5. The average molecular weight is 478 g/mol. The molecule has 0 fully saturated rings. The van der Waals surface area contributed by atoms with Crippen molar-refractivity contribution in [3.63, 3.8) is 0 Å². The van der Waals surface area contributed by atoms with E-state index in [-0.39, 0.29) is 30.7 Å². The summed E-state index contributed by atoms with van der Waals surface area (Å²) in [6.07, 6.45) is -0.583. The number of Topliss-reactive ketones (excluding diaryl/α,β-unsaturated/α-hetero) is 1. The fourth-order valence-electron chi connectivity index (χ4n) is 4.24. The van der Waals surface area contributed by atoms with Crippen LogP contribution in [0, 0.1) is 13.8 Å². The van der Waals surface area contributed by atoms with Gasteiger partial charge in [-0.25, -0.2) is 4.98 Å². The van der Waals surface area contributed by atoms with Crippen molar-refractivity contribution < 1.29 is 23.9 Å². The number of hydrogen-bond acceptors (Lipinski definition) is 7. The Labute approximate surface area is 200 Å². The first-order valence-corrected chi connectivity index (χ1v) is 11.7. The fraction of sp³-hybridized carbons (Fsp3) is 0.280. The van der Waals surface area contributed by atoms with Gasteiger partial charge in [-0.1, -0.05) is 0 Å². The monoisotopic (exact) mass is 477 g/mol. The van der Waals surface area contributed by atoms with E-state index >= 15 is 0 Å². The summed E-state index contributed by atoms with van der Waals surface area (Å²) < 4.78 is 11.2. The van der Waals surface area contributed by atoms with Crippen LogP contribution in [0.25, 0.3) is 11.3 Å². The first-order chi connectivity index (χ1) is 16.2. The second kappa shape index (κ2) is 8.25. The lowest BCUT2D eigenvalue weighted by molar-refractivity contribution is -0.125. The highest BCUT2D eigenvalue weighted by molar-refractivity contribution is 7.11. The van der Waals surface area contributed by atoms with Crippen LogP contribution in [0.15, 0.2) is 36.4 Å². The van der Waals surface area contributed by atoms with Crippen molar-refractivity contribution in [2.45, 2.75) is 26.9 Å². The topological polar surface area (TPSA) is 89.0 Å². The Morgan fingerprint density at radius 3 is 2.62 bits per heavy atom. The zero-order valence-corrected chi connectivity index (χ0v) is 20.1. The lowest BCUT2D eigenvalue weighted by atomic mass is 10.0. The van der Waals surface area contributed by atoms with Crippen LogP contribution < -0.4 is 19.3 Å². The van der Waals surface area contributed by atoms with E-state index in [1.54, 1.807) is 49.6 Å². The number of ketones is 1. The molecule has 174 valence electrons. The lowest BCUT2D eigenvalue weighted by Crippen LogP contribution is -2.43. The number of fused-ring (bicyclic) bond motifs is 2. The summed E-state index contributed by atoms with van der Waals surface area (Å²) in [6.45, 7) is 5.35. The van der Waals surface area contributed by atoms with Gasteiger partial charge in [0, 0.05) is 23.1 Å². The van der Waals surface area contributed by atoms with E-state index in [2.05, 4.69) is 4.98 Å². The number of amides is 2. The highest BCUT2D eigenvalue weighted by Crippen LogP contribution is 2.38. The van der Waals surface area contributed by atoms with Crippen LogP contribution in [-0.2, 0) is 9.59 Å². The fourth-order valence-corrected chi connectivity index (χ4v) is 5.08.